The van der Waals surface area contributed by atoms with Crippen LogP contribution in [0.25, 0.3) is 0 Å². The number of phenolic OH excluding ortho intramolecular Hbond substituents is 1. The molecule has 0 bridgehead atoms. The molecule has 1 aliphatic carbocycles. The molecule has 1 aromatic rings. The standard InChI is InChI=1S/C24H42N2O/c1-6-8-12-19-16-20(13-9-7-2)24(27)21(17-19)18-26(5)23-15-11-10-14-22(23)25(3)4/h16-17,22-23,27H,6-15,18H2,1-5H3/t22-,23-/m0/s1. The largest absolute Gasteiger partial charge is 0.507 e. The molecule has 1 N–H and O–H groups in total. The van der Waals surface area contributed by atoms with Crippen LogP contribution < -0.4 is 0 Å². The van der Waals surface area contributed by atoms with E-state index >= 15 is 0 Å². The van der Waals surface area contributed by atoms with Crippen molar-refractivity contribution in [1.29, 1.82) is 0 Å². The predicted molar refractivity (Wildman–Crippen MR) is 117 cm³/mol. The molecular weight excluding hydrogens is 332 g/mol. The SMILES string of the molecule is CCCCc1cc(CCCC)c(O)c(CN(C)[C@H]2CCCC[C@@H]2N(C)C)c1. The number of likely N-dealkylation sites (N-methyl/N-ethyl adjacent to an activating group) is 2. The van der Waals surface area contributed by atoms with Crippen LogP contribution in [0.5, 0.6) is 5.75 Å². The molecule has 0 heterocycles. The number of aryl methyl sites for hydroxylation is 2. The molecule has 1 saturated carbocycles. The van der Waals surface area contributed by atoms with Gasteiger partial charge in [-0.3, -0.25) is 4.90 Å². The topological polar surface area (TPSA) is 26.7 Å². The zero-order chi connectivity index (χ0) is 19.8. The molecule has 3 nitrogen and oxygen atoms in total. The van der Waals surface area contributed by atoms with Gasteiger partial charge >= 0.3 is 0 Å². The smallest absolute Gasteiger partial charge is 0.123 e. The summed E-state index contributed by atoms with van der Waals surface area (Å²) in [4.78, 5) is 4.89. The first-order chi connectivity index (χ1) is 13.0. The van der Waals surface area contributed by atoms with Gasteiger partial charge in [0, 0.05) is 24.2 Å². The van der Waals surface area contributed by atoms with Crippen LogP contribution in [0, 0.1) is 0 Å². The minimum Gasteiger partial charge on any atom is -0.507 e. The van der Waals surface area contributed by atoms with Crippen molar-refractivity contribution >= 4 is 0 Å². The molecule has 1 aliphatic rings. The summed E-state index contributed by atoms with van der Waals surface area (Å²) in [5.74, 6) is 0.549. The van der Waals surface area contributed by atoms with E-state index in [-0.39, 0.29) is 0 Å². The maximum Gasteiger partial charge on any atom is 0.123 e. The highest BCUT2D eigenvalue weighted by molar-refractivity contribution is 5.44. The van der Waals surface area contributed by atoms with Crippen LogP contribution in [-0.4, -0.2) is 48.1 Å². The van der Waals surface area contributed by atoms with Crippen LogP contribution in [0.2, 0.25) is 0 Å². The molecule has 0 radical (unpaired) electrons. The number of hydrogen-bond donors (Lipinski definition) is 1. The summed E-state index contributed by atoms with van der Waals surface area (Å²) >= 11 is 0. The van der Waals surface area contributed by atoms with Gasteiger partial charge in [-0.1, -0.05) is 51.7 Å². The molecule has 154 valence electrons. The molecule has 1 aromatic carbocycles. The van der Waals surface area contributed by atoms with E-state index in [4.69, 9.17) is 0 Å². The second-order valence-corrected chi connectivity index (χ2v) is 8.77. The van der Waals surface area contributed by atoms with Crippen LogP contribution >= 0.6 is 0 Å². The molecular formula is C24H42N2O. The molecule has 0 amide bonds. The van der Waals surface area contributed by atoms with Gasteiger partial charge in [0.2, 0.25) is 0 Å². The summed E-state index contributed by atoms with van der Waals surface area (Å²) in [5.41, 5.74) is 3.68. The third-order valence-electron chi connectivity index (χ3n) is 6.29. The van der Waals surface area contributed by atoms with Gasteiger partial charge in [0.25, 0.3) is 0 Å². The molecule has 3 heteroatoms. The van der Waals surface area contributed by atoms with Crippen molar-refractivity contribution in [3.63, 3.8) is 0 Å². The number of benzene rings is 1. The van der Waals surface area contributed by atoms with E-state index in [2.05, 4.69) is 56.9 Å². The number of nitrogens with zero attached hydrogens (tertiary/aromatic N) is 2. The Morgan fingerprint density at radius 2 is 1.48 bits per heavy atom. The second-order valence-electron chi connectivity index (χ2n) is 8.77. The van der Waals surface area contributed by atoms with Gasteiger partial charge in [-0.15, -0.1) is 0 Å². The van der Waals surface area contributed by atoms with Crippen LogP contribution in [-0.2, 0) is 19.4 Å². The molecule has 2 rings (SSSR count). The Morgan fingerprint density at radius 1 is 0.889 bits per heavy atom. The lowest BCUT2D eigenvalue weighted by atomic mass is 9.88. The zero-order valence-electron chi connectivity index (χ0n) is 18.4. The monoisotopic (exact) mass is 374 g/mol. The highest BCUT2D eigenvalue weighted by Gasteiger charge is 2.30. The van der Waals surface area contributed by atoms with Crippen molar-refractivity contribution in [2.24, 2.45) is 0 Å². The summed E-state index contributed by atoms with van der Waals surface area (Å²) in [6.45, 7) is 5.31. The average Bonchev–Trinajstić information content (AvgIpc) is 2.67. The molecule has 27 heavy (non-hydrogen) atoms. The minimum atomic E-state index is 0.549. The van der Waals surface area contributed by atoms with Gasteiger partial charge in [-0.25, -0.2) is 0 Å². The Morgan fingerprint density at radius 3 is 2.11 bits per heavy atom. The fourth-order valence-corrected chi connectivity index (χ4v) is 4.63. The summed E-state index contributed by atoms with van der Waals surface area (Å²) in [5, 5.41) is 11.0. The van der Waals surface area contributed by atoms with E-state index in [9.17, 15) is 5.11 Å². The molecule has 0 aromatic heterocycles. The van der Waals surface area contributed by atoms with Gasteiger partial charge in [0.15, 0.2) is 0 Å². The summed E-state index contributed by atoms with van der Waals surface area (Å²) in [6.07, 6.45) is 12.1. The van der Waals surface area contributed by atoms with Gasteiger partial charge < -0.3 is 10.0 Å². The van der Waals surface area contributed by atoms with E-state index in [0.717, 1.165) is 36.9 Å². The Bertz CT molecular complexity index is 570. The van der Waals surface area contributed by atoms with Crippen LogP contribution in [0.3, 0.4) is 0 Å². The molecule has 2 atom stereocenters. The quantitative estimate of drug-likeness (QED) is 0.595. The fourth-order valence-electron chi connectivity index (χ4n) is 4.63. The molecule has 0 spiro atoms. The first kappa shape index (κ1) is 22.2. The lowest BCUT2D eigenvalue weighted by Crippen LogP contribution is -2.49. The number of phenols is 1. The van der Waals surface area contributed by atoms with Gasteiger partial charge in [-0.2, -0.15) is 0 Å². The lowest BCUT2D eigenvalue weighted by Gasteiger charge is -2.41. The number of hydrogen-bond acceptors (Lipinski definition) is 3. The Balaban J connectivity index is 2.21. The fraction of sp³-hybridized carbons (Fsp3) is 0.750. The maximum absolute atomic E-state index is 11.0. The van der Waals surface area contributed by atoms with E-state index in [0.29, 0.717) is 17.8 Å². The lowest BCUT2D eigenvalue weighted by molar-refractivity contribution is 0.0871. The molecule has 0 saturated heterocycles. The Kier molecular flexibility index (Phi) is 9.11. The van der Waals surface area contributed by atoms with Crippen molar-refractivity contribution in [1.82, 2.24) is 9.80 Å². The van der Waals surface area contributed by atoms with E-state index in [1.807, 2.05) is 0 Å². The van der Waals surface area contributed by atoms with Crippen molar-refractivity contribution < 1.29 is 5.11 Å². The first-order valence-electron chi connectivity index (χ1n) is 11.2. The van der Waals surface area contributed by atoms with Crippen LogP contribution in [0.4, 0.5) is 0 Å². The van der Waals surface area contributed by atoms with E-state index in [1.165, 1.54) is 50.5 Å². The summed E-state index contributed by atoms with van der Waals surface area (Å²) in [7, 11) is 6.67. The van der Waals surface area contributed by atoms with Crippen molar-refractivity contribution in [2.45, 2.75) is 96.7 Å². The number of unbranched alkanes of at least 4 members (excludes halogenated alkanes) is 2. The highest BCUT2D eigenvalue weighted by atomic mass is 16.3. The molecule has 0 unspecified atom stereocenters. The Hall–Kier alpha value is -1.06. The maximum atomic E-state index is 11.0. The van der Waals surface area contributed by atoms with E-state index in [1.54, 1.807) is 0 Å². The predicted octanol–water partition coefficient (Wildman–Crippen LogP) is 5.38. The zero-order valence-corrected chi connectivity index (χ0v) is 18.4. The van der Waals surface area contributed by atoms with Gasteiger partial charge in [0.05, 0.1) is 0 Å². The minimum absolute atomic E-state index is 0.549. The van der Waals surface area contributed by atoms with Gasteiger partial charge in [-0.05, 0) is 70.8 Å². The third kappa shape index (κ3) is 6.22. The van der Waals surface area contributed by atoms with E-state index < -0.39 is 0 Å². The first-order valence-corrected chi connectivity index (χ1v) is 11.2. The van der Waals surface area contributed by atoms with Crippen molar-refractivity contribution in [2.75, 3.05) is 21.1 Å². The summed E-state index contributed by atoms with van der Waals surface area (Å²) < 4.78 is 0. The summed E-state index contributed by atoms with van der Waals surface area (Å²) in [6, 6.07) is 5.72. The second kappa shape index (κ2) is 11.1. The molecule has 1 fully saturated rings. The number of rotatable bonds is 10. The van der Waals surface area contributed by atoms with Crippen LogP contribution in [0.15, 0.2) is 12.1 Å². The number of aromatic hydroxyl groups is 1. The van der Waals surface area contributed by atoms with Crippen molar-refractivity contribution in [3.05, 3.63) is 28.8 Å². The normalized spacial score (nSPS) is 20.6. The van der Waals surface area contributed by atoms with Gasteiger partial charge in [0.1, 0.15) is 5.75 Å². The van der Waals surface area contributed by atoms with Crippen molar-refractivity contribution in [3.8, 4) is 5.75 Å². The highest BCUT2D eigenvalue weighted by Crippen LogP contribution is 2.31. The Labute approximate surface area is 167 Å². The average molecular weight is 375 g/mol. The molecule has 0 aliphatic heterocycles. The third-order valence-corrected chi connectivity index (χ3v) is 6.29. The van der Waals surface area contributed by atoms with Crippen LogP contribution in [0.1, 0.15) is 81.9 Å².